The molecule has 1 rings (SSSR count). The number of ketones is 1. The Labute approximate surface area is 72.6 Å². The number of rotatable bonds is 2. The molecule has 12 heavy (non-hydrogen) atoms. The molecule has 1 aliphatic rings. The molecule has 1 atom stereocenters. The Hall–Kier alpha value is -0.890. The van der Waals surface area contributed by atoms with Gasteiger partial charge in [0.1, 0.15) is 0 Å². The summed E-state index contributed by atoms with van der Waals surface area (Å²) in [5, 5.41) is 9.33. The number of hydrogen-bond acceptors (Lipinski definition) is 2. The Morgan fingerprint density at radius 2 is 2.33 bits per heavy atom. The van der Waals surface area contributed by atoms with Gasteiger partial charge in [0.15, 0.2) is 5.78 Å². The minimum absolute atomic E-state index is 0.0599. The van der Waals surface area contributed by atoms with Gasteiger partial charge in [-0.3, -0.25) is 4.79 Å². The number of aliphatic hydroxyl groups excluding tert-OH is 1. The first-order valence-electron chi connectivity index (χ1n) is 4.25. The molecule has 0 spiro atoms. The van der Waals surface area contributed by atoms with Crippen LogP contribution in [0.3, 0.4) is 0 Å². The van der Waals surface area contributed by atoms with Crippen molar-refractivity contribution in [2.75, 3.05) is 0 Å². The number of carbonyl (C=O) groups excluding carboxylic acids is 1. The molecule has 2 nitrogen and oxygen atoms in total. The Morgan fingerprint density at radius 3 is 2.75 bits per heavy atom. The minimum atomic E-state index is -0.547. The summed E-state index contributed by atoms with van der Waals surface area (Å²) in [6.45, 7) is 3.83. The molecule has 0 radical (unpaired) electrons. The number of carbonyl (C=O) groups is 1. The van der Waals surface area contributed by atoms with Gasteiger partial charge in [0, 0.05) is 12.0 Å². The van der Waals surface area contributed by atoms with Crippen LogP contribution in [0, 0.1) is 0 Å². The summed E-state index contributed by atoms with van der Waals surface area (Å²) in [6, 6.07) is 0. The standard InChI is InChI=1S/C10H14O2/c1-3-4-5-8-7(2)9(11)6-10(8)12/h4-5,9,11H,3,6H2,1-2H3. The predicted molar refractivity (Wildman–Crippen MR) is 47.8 cm³/mol. The Kier molecular flexibility index (Phi) is 2.82. The predicted octanol–water partition coefficient (Wildman–Crippen LogP) is 1.60. The van der Waals surface area contributed by atoms with Gasteiger partial charge < -0.3 is 5.11 Å². The first kappa shape index (κ1) is 9.20. The van der Waals surface area contributed by atoms with Crippen molar-refractivity contribution in [2.24, 2.45) is 0 Å². The summed E-state index contributed by atoms with van der Waals surface area (Å²) in [7, 11) is 0. The summed E-state index contributed by atoms with van der Waals surface area (Å²) in [4.78, 5) is 11.2. The average molecular weight is 166 g/mol. The van der Waals surface area contributed by atoms with Crippen LogP contribution in [0.1, 0.15) is 26.7 Å². The third-order valence-corrected chi connectivity index (χ3v) is 2.12. The van der Waals surface area contributed by atoms with E-state index in [2.05, 4.69) is 0 Å². The van der Waals surface area contributed by atoms with Gasteiger partial charge in [-0.05, 0) is 18.9 Å². The molecule has 0 saturated carbocycles. The van der Waals surface area contributed by atoms with Crippen LogP contribution in [-0.2, 0) is 4.79 Å². The molecule has 0 aromatic carbocycles. The van der Waals surface area contributed by atoms with Gasteiger partial charge in [-0.1, -0.05) is 19.1 Å². The fourth-order valence-electron chi connectivity index (χ4n) is 1.30. The van der Waals surface area contributed by atoms with Crippen molar-refractivity contribution >= 4 is 5.78 Å². The van der Waals surface area contributed by atoms with E-state index in [9.17, 15) is 9.90 Å². The normalized spacial score (nSPS) is 24.6. The van der Waals surface area contributed by atoms with E-state index in [1.807, 2.05) is 26.0 Å². The fraction of sp³-hybridized carbons (Fsp3) is 0.500. The maximum atomic E-state index is 11.2. The van der Waals surface area contributed by atoms with E-state index in [1.54, 1.807) is 0 Å². The highest BCUT2D eigenvalue weighted by atomic mass is 16.3. The van der Waals surface area contributed by atoms with Crippen molar-refractivity contribution in [1.82, 2.24) is 0 Å². The van der Waals surface area contributed by atoms with Gasteiger partial charge in [0.25, 0.3) is 0 Å². The monoisotopic (exact) mass is 166 g/mol. The molecular formula is C10H14O2. The number of aliphatic hydroxyl groups is 1. The van der Waals surface area contributed by atoms with Crippen LogP contribution in [0.4, 0.5) is 0 Å². The summed E-state index contributed by atoms with van der Waals surface area (Å²) >= 11 is 0. The van der Waals surface area contributed by atoms with Crippen molar-refractivity contribution in [3.63, 3.8) is 0 Å². The largest absolute Gasteiger partial charge is 0.388 e. The van der Waals surface area contributed by atoms with Gasteiger partial charge in [-0.25, -0.2) is 0 Å². The second kappa shape index (κ2) is 3.68. The Balaban J connectivity index is 2.85. The lowest BCUT2D eigenvalue weighted by atomic mass is 10.1. The molecular weight excluding hydrogens is 152 g/mol. The zero-order valence-corrected chi connectivity index (χ0v) is 7.50. The molecule has 1 N–H and O–H groups in total. The quantitative estimate of drug-likeness (QED) is 0.676. The van der Waals surface area contributed by atoms with E-state index in [-0.39, 0.29) is 12.2 Å². The van der Waals surface area contributed by atoms with E-state index >= 15 is 0 Å². The Morgan fingerprint density at radius 1 is 1.67 bits per heavy atom. The lowest BCUT2D eigenvalue weighted by molar-refractivity contribution is -0.115. The fourth-order valence-corrected chi connectivity index (χ4v) is 1.30. The van der Waals surface area contributed by atoms with Crippen LogP contribution in [-0.4, -0.2) is 17.0 Å². The van der Waals surface area contributed by atoms with Crippen LogP contribution >= 0.6 is 0 Å². The van der Waals surface area contributed by atoms with Crippen molar-refractivity contribution in [2.45, 2.75) is 32.8 Å². The number of hydrogen-bond donors (Lipinski definition) is 1. The number of Topliss-reactive ketones (excluding diaryl/α,β-unsaturated/α-hetero) is 1. The molecule has 0 fully saturated rings. The molecule has 1 aliphatic carbocycles. The van der Waals surface area contributed by atoms with E-state index in [4.69, 9.17) is 0 Å². The molecule has 66 valence electrons. The van der Waals surface area contributed by atoms with Crippen LogP contribution in [0.5, 0.6) is 0 Å². The van der Waals surface area contributed by atoms with E-state index in [1.165, 1.54) is 0 Å². The first-order chi connectivity index (χ1) is 5.66. The SMILES string of the molecule is CCC=CC1=C(C)C(O)CC1=O. The molecule has 0 saturated heterocycles. The zero-order valence-electron chi connectivity index (χ0n) is 7.50. The molecule has 0 heterocycles. The topological polar surface area (TPSA) is 37.3 Å². The average Bonchev–Trinajstić information content (AvgIpc) is 2.25. The van der Waals surface area contributed by atoms with Crippen LogP contribution in [0.15, 0.2) is 23.3 Å². The maximum Gasteiger partial charge on any atom is 0.165 e. The van der Waals surface area contributed by atoms with Gasteiger partial charge in [-0.2, -0.15) is 0 Å². The van der Waals surface area contributed by atoms with Crippen LogP contribution in [0.2, 0.25) is 0 Å². The molecule has 1 unspecified atom stereocenters. The molecule has 0 bridgehead atoms. The lowest BCUT2D eigenvalue weighted by Gasteiger charge is -1.98. The van der Waals surface area contributed by atoms with E-state index in [0.717, 1.165) is 12.0 Å². The molecule has 2 heteroatoms. The van der Waals surface area contributed by atoms with Crippen molar-refractivity contribution in [3.05, 3.63) is 23.3 Å². The van der Waals surface area contributed by atoms with Crippen LogP contribution < -0.4 is 0 Å². The number of allylic oxidation sites excluding steroid dienone is 3. The third kappa shape index (κ3) is 1.64. The van der Waals surface area contributed by atoms with Gasteiger partial charge in [-0.15, -0.1) is 0 Å². The maximum absolute atomic E-state index is 11.2. The van der Waals surface area contributed by atoms with Gasteiger partial charge in [0.05, 0.1) is 6.10 Å². The van der Waals surface area contributed by atoms with Gasteiger partial charge >= 0.3 is 0 Å². The van der Waals surface area contributed by atoms with Crippen LogP contribution in [0.25, 0.3) is 0 Å². The lowest BCUT2D eigenvalue weighted by Crippen LogP contribution is -2.03. The summed E-state index contributed by atoms with van der Waals surface area (Å²) in [6.07, 6.45) is 4.38. The van der Waals surface area contributed by atoms with Gasteiger partial charge in [0.2, 0.25) is 0 Å². The molecule has 0 aliphatic heterocycles. The minimum Gasteiger partial charge on any atom is -0.388 e. The summed E-state index contributed by atoms with van der Waals surface area (Å²) in [5.74, 6) is 0.0599. The summed E-state index contributed by atoms with van der Waals surface area (Å²) < 4.78 is 0. The second-order valence-corrected chi connectivity index (χ2v) is 3.05. The van der Waals surface area contributed by atoms with Crippen molar-refractivity contribution in [1.29, 1.82) is 0 Å². The highest BCUT2D eigenvalue weighted by Crippen LogP contribution is 2.23. The highest BCUT2D eigenvalue weighted by molar-refractivity contribution is 6.01. The van der Waals surface area contributed by atoms with Crippen molar-refractivity contribution in [3.8, 4) is 0 Å². The summed E-state index contributed by atoms with van der Waals surface area (Å²) in [5.41, 5.74) is 1.51. The molecule has 0 amide bonds. The van der Waals surface area contributed by atoms with E-state index < -0.39 is 6.10 Å². The molecule has 0 aromatic rings. The third-order valence-electron chi connectivity index (χ3n) is 2.12. The van der Waals surface area contributed by atoms with Crippen molar-refractivity contribution < 1.29 is 9.90 Å². The molecule has 0 aromatic heterocycles. The highest BCUT2D eigenvalue weighted by Gasteiger charge is 2.25. The zero-order chi connectivity index (χ0) is 9.14. The Bertz CT molecular complexity index is 249. The second-order valence-electron chi connectivity index (χ2n) is 3.05. The first-order valence-corrected chi connectivity index (χ1v) is 4.25. The van der Waals surface area contributed by atoms with E-state index in [0.29, 0.717) is 5.57 Å². The smallest absolute Gasteiger partial charge is 0.165 e.